The van der Waals surface area contributed by atoms with Crippen molar-refractivity contribution < 1.29 is 0 Å². The Labute approximate surface area is 77.6 Å². The second kappa shape index (κ2) is 3.05. The van der Waals surface area contributed by atoms with Gasteiger partial charge in [-0.1, -0.05) is 0 Å². The third kappa shape index (κ3) is 1.61. The molecule has 0 saturated carbocycles. The minimum atomic E-state index is 1.05. The van der Waals surface area contributed by atoms with Crippen molar-refractivity contribution in [2.45, 2.75) is 13.8 Å². The predicted molar refractivity (Wildman–Crippen MR) is 53.5 cm³/mol. The van der Waals surface area contributed by atoms with Crippen LogP contribution in [0, 0.1) is 13.8 Å². The molecule has 66 valence electrons. The molecule has 0 fully saturated rings. The highest BCUT2D eigenvalue weighted by Gasteiger charge is 1.98. The molecule has 0 spiro atoms. The lowest BCUT2D eigenvalue weighted by Crippen LogP contribution is -1.81. The Balaban J connectivity index is 2.41. The zero-order chi connectivity index (χ0) is 9.26. The van der Waals surface area contributed by atoms with Gasteiger partial charge in [0, 0.05) is 29.3 Å². The number of nitrogens with one attached hydrogen (secondary N) is 1. The van der Waals surface area contributed by atoms with Crippen molar-refractivity contribution in [1.82, 2.24) is 9.97 Å². The molecule has 0 atom stereocenters. The first kappa shape index (κ1) is 8.05. The Hall–Kier alpha value is -1.57. The van der Waals surface area contributed by atoms with Gasteiger partial charge in [-0.2, -0.15) is 0 Å². The summed E-state index contributed by atoms with van der Waals surface area (Å²) in [4.78, 5) is 7.45. The maximum atomic E-state index is 4.24. The third-order valence-electron chi connectivity index (χ3n) is 2.05. The summed E-state index contributed by atoms with van der Waals surface area (Å²) in [6.45, 7) is 4.06. The highest BCUT2D eigenvalue weighted by Crippen LogP contribution is 2.17. The smallest absolute Gasteiger partial charge is 0.0472 e. The van der Waals surface area contributed by atoms with Gasteiger partial charge in [0.2, 0.25) is 0 Å². The molecule has 13 heavy (non-hydrogen) atoms. The summed E-state index contributed by atoms with van der Waals surface area (Å²) in [5.41, 5.74) is 4.56. The molecule has 2 aromatic rings. The lowest BCUT2D eigenvalue weighted by Gasteiger charge is -1.96. The zero-order valence-electron chi connectivity index (χ0n) is 7.83. The molecule has 2 aromatic heterocycles. The van der Waals surface area contributed by atoms with Crippen molar-refractivity contribution in [3.05, 3.63) is 41.9 Å². The molecule has 0 unspecified atom stereocenters. The Morgan fingerprint density at radius 2 is 2.08 bits per heavy atom. The third-order valence-corrected chi connectivity index (χ3v) is 2.05. The van der Waals surface area contributed by atoms with Gasteiger partial charge in [0.05, 0.1) is 0 Å². The monoisotopic (exact) mass is 172 g/mol. The number of hydrogen-bond acceptors (Lipinski definition) is 1. The Bertz CT molecular complexity index is 398. The molecule has 0 saturated heterocycles. The SMILES string of the molecule is Cc1c[nH]c(-c2ccc(C)nc2)c1. The van der Waals surface area contributed by atoms with Crippen molar-refractivity contribution in [3.8, 4) is 11.3 Å². The lowest BCUT2D eigenvalue weighted by atomic mass is 10.2. The van der Waals surface area contributed by atoms with E-state index in [1.807, 2.05) is 25.4 Å². The highest BCUT2D eigenvalue weighted by molar-refractivity contribution is 5.59. The maximum Gasteiger partial charge on any atom is 0.0472 e. The first-order chi connectivity index (χ1) is 6.25. The van der Waals surface area contributed by atoms with Crippen molar-refractivity contribution in [3.63, 3.8) is 0 Å². The Morgan fingerprint density at radius 3 is 2.62 bits per heavy atom. The molecule has 0 amide bonds. The van der Waals surface area contributed by atoms with E-state index < -0.39 is 0 Å². The summed E-state index contributed by atoms with van der Waals surface area (Å²) >= 11 is 0. The highest BCUT2D eigenvalue weighted by atomic mass is 14.7. The van der Waals surface area contributed by atoms with Crippen molar-refractivity contribution >= 4 is 0 Å². The number of hydrogen-bond donors (Lipinski definition) is 1. The van der Waals surface area contributed by atoms with E-state index in [1.54, 1.807) is 0 Å². The standard InChI is InChI=1S/C11H12N2/c1-8-5-11(13-6-8)10-4-3-9(2)12-7-10/h3-7,13H,1-2H3. The first-order valence-electron chi connectivity index (χ1n) is 4.34. The quantitative estimate of drug-likeness (QED) is 0.704. The average Bonchev–Trinajstić information content (AvgIpc) is 2.53. The van der Waals surface area contributed by atoms with Gasteiger partial charge in [-0.25, -0.2) is 0 Å². The van der Waals surface area contributed by atoms with E-state index in [-0.39, 0.29) is 0 Å². The normalized spacial score (nSPS) is 10.3. The summed E-state index contributed by atoms with van der Waals surface area (Å²) in [6.07, 6.45) is 3.88. The molecule has 0 aliphatic carbocycles. The van der Waals surface area contributed by atoms with Gasteiger partial charge < -0.3 is 4.98 Å². The number of aromatic amines is 1. The molecule has 0 radical (unpaired) electrons. The second-order valence-corrected chi connectivity index (χ2v) is 3.28. The van der Waals surface area contributed by atoms with Crippen molar-refractivity contribution in [1.29, 1.82) is 0 Å². The summed E-state index contributed by atoms with van der Waals surface area (Å²) in [5, 5.41) is 0. The summed E-state index contributed by atoms with van der Waals surface area (Å²) in [6, 6.07) is 6.21. The lowest BCUT2D eigenvalue weighted by molar-refractivity contribution is 1.20. The van der Waals surface area contributed by atoms with E-state index in [9.17, 15) is 0 Å². The van der Waals surface area contributed by atoms with Crippen LogP contribution in [-0.4, -0.2) is 9.97 Å². The van der Waals surface area contributed by atoms with Crippen molar-refractivity contribution in [2.75, 3.05) is 0 Å². The largest absolute Gasteiger partial charge is 0.361 e. The molecule has 2 rings (SSSR count). The Kier molecular flexibility index (Phi) is 1.89. The fourth-order valence-electron chi connectivity index (χ4n) is 1.30. The van der Waals surface area contributed by atoms with Gasteiger partial charge in [-0.05, 0) is 37.6 Å². The van der Waals surface area contributed by atoms with Gasteiger partial charge >= 0.3 is 0 Å². The van der Waals surface area contributed by atoms with E-state index in [1.165, 1.54) is 5.56 Å². The predicted octanol–water partition coefficient (Wildman–Crippen LogP) is 2.69. The number of aromatic nitrogens is 2. The zero-order valence-corrected chi connectivity index (χ0v) is 7.83. The van der Waals surface area contributed by atoms with Crippen LogP contribution < -0.4 is 0 Å². The number of pyridine rings is 1. The van der Waals surface area contributed by atoms with E-state index in [4.69, 9.17) is 0 Å². The van der Waals surface area contributed by atoms with Crippen LogP contribution in [-0.2, 0) is 0 Å². The van der Waals surface area contributed by atoms with Crippen LogP contribution in [0.3, 0.4) is 0 Å². The number of aryl methyl sites for hydroxylation is 2. The number of rotatable bonds is 1. The van der Waals surface area contributed by atoms with Crippen LogP contribution in [0.1, 0.15) is 11.3 Å². The summed E-state index contributed by atoms with van der Waals surface area (Å²) < 4.78 is 0. The molecule has 2 nitrogen and oxygen atoms in total. The molecule has 0 aliphatic rings. The Morgan fingerprint density at radius 1 is 1.23 bits per heavy atom. The molecular weight excluding hydrogens is 160 g/mol. The van der Waals surface area contributed by atoms with Crippen LogP contribution in [0.15, 0.2) is 30.6 Å². The topological polar surface area (TPSA) is 28.7 Å². The molecule has 2 heteroatoms. The van der Waals surface area contributed by atoms with Gasteiger partial charge in [-0.15, -0.1) is 0 Å². The van der Waals surface area contributed by atoms with Crippen LogP contribution in [0.5, 0.6) is 0 Å². The van der Waals surface area contributed by atoms with E-state index >= 15 is 0 Å². The molecule has 0 bridgehead atoms. The van der Waals surface area contributed by atoms with Crippen LogP contribution in [0.25, 0.3) is 11.3 Å². The summed E-state index contributed by atoms with van der Waals surface area (Å²) in [5.74, 6) is 0. The minimum Gasteiger partial charge on any atom is -0.361 e. The molecule has 2 heterocycles. The van der Waals surface area contributed by atoms with Gasteiger partial charge in [0.15, 0.2) is 0 Å². The minimum absolute atomic E-state index is 1.05. The molecule has 1 N–H and O–H groups in total. The van der Waals surface area contributed by atoms with E-state index in [0.717, 1.165) is 17.0 Å². The van der Waals surface area contributed by atoms with Crippen LogP contribution in [0.4, 0.5) is 0 Å². The van der Waals surface area contributed by atoms with E-state index in [2.05, 4.69) is 29.0 Å². The first-order valence-corrected chi connectivity index (χ1v) is 4.34. The van der Waals surface area contributed by atoms with Crippen LogP contribution in [0.2, 0.25) is 0 Å². The van der Waals surface area contributed by atoms with E-state index in [0.29, 0.717) is 0 Å². The van der Waals surface area contributed by atoms with Crippen LogP contribution >= 0.6 is 0 Å². The van der Waals surface area contributed by atoms with Gasteiger partial charge in [-0.3, -0.25) is 4.98 Å². The molecule has 0 aromatic carbocycles. The fourth-order valence-corrected chi connectivity index (χ4v) is 1.30. The average molecular weight is 172 g/mol. The molecular formula is C11H12N2. The number of H-pyrrole nitrogens is 1. The maximum absolute atomic E-state index is 4.24. The van der Waals surface area contributed by atoms with Gasteiger partial charge in [0.1, 0.15) is 0 Å². The second-order valence-electron chi connectivity index (χ2n) is 3.28. The summed E-state index contributed by atoms with van der Waals surface area (Å²) in [7, 11) is 0. The number of nitrogens with zero attached hydrogens (tertiary/aromatic N) is 1. The van der Waals surface area contributed by atoms with Crippen molar-refractivity contribution in [2.24, 2.45) is 0 Å². The fraction of sp³-hybridized carbons (Fsp3) is 0.182. The van der Waals surface area contributed by atoms with Gasteiger partial charge in [0.25, 0.3) is 0 Å². The molecule has 0 aliphatic heterocycles.